The van der Waals surface area contributed by atoms with Gasteiger partial charge in [0.25, 0.3) is 5.91 Å². The minimum Gasteiger partial charge on any atom is -0.496 e. The first-order chi connectivity index (χ1) is 11.6. The molecule has 0 aromatic heterocycles. The van der Waals surface area contributed by atoms with Crippen LogP contribution in [0.3, 0.4) is 0 Å². The lowest BCUT2D eigenvalue weighted by molar-refractivity contribution is -0.115. The molecule has 1 amide bonds. The maximum Gasteiger partial charge on any atom is 0.275 e. The first kappa shape index (κ1) is 16.1. The van der Waals surface area contributed by atoms with Crippen molar-refractivity contribution >= 4 is 29.4 Å². The Labute approximate surface area is 144 Å². The van der Waals surface area contributed by atoms with Crippen LogP contribution in [0.5, 0.6) is 11.5 Å². The number of carbonyl (C=O) groups is 1. The van der Waals surface area contributed by atoms with Crippen molar-refractivity contribution in [3.8, 4) is 11.5 Å². The van der Waals surface area contributed by atoms with Crippen molar-refractivity contribution in [2.75, 3.05) is 14.2 Å². The summed E-state index contributed by atoms with van der Waals surface area (Å²) in [6.45, 7) is 0. The van der Waals surface area contributed by atoms with Crippen LogP contribution in [0, 0.1) is 0 Å². The molecule has 2 aromatic carbocycles. The van der Waals surface area contributed by atoms with Gasteiger partial charge < -0.3 is 14.8 Å². The molecule has 0 fully saturated rings. The monoisotopic (exact) mass is 342 g/mol. The molecule has 0 unspecified atom stereocenters. The first-order valence-corrected chi connectivity index (χ1v) is 7.59. The van der Waals surface area contributed by atoms with E-state index in [2.05, 4.69) is 10.3 Å². The number of methoxy groups -OCH3 is 2. The molecule has 1 aliphatic rings. The summed E-state index contributed by atoms with van der Waals surface area (Å²) in [6, 6.07) is 12.6. The van der Waals surface area contributed by atoms with E-state index < -0.39 is 0 Å². The predicted octanol–water partition coefficient (Wildman–Crippen LogP) is 3.27. The second kappa shape index (κ2) is 6.76. The lowest BCUT2D eigenvalue weighted by Gasteiger charge is -2.06. The molecule has 2 aromatic rings. The van der Waals surface area contributed by atoms with Gasteiger partial charge in [0.15, 0.2) is 0 Å². The van der Waals surface area contributed by atoms with E-state index in [1.807, 2.05) is 30.3 Å². The minimum absolute atomic E-state index is 0.275. The fourth-order valence-corrected chi connectivity index (χ4v) is 2.63. The number of rotatable bonds is 4. The van der Waals surface area contributed by atoms with Crippen molar-refractivity contribution in [3.05, 3.63) is 64.3 Å². The topological polar surface area (TPSA) is 59.9 Å². The van der Waals surface area contributed by atoms with E-state index in [1.165, 1.54) is 0 Å². The smallest absolute Gasteiger partial charge is 0.275 e. The zero-order valence-electron chi connectivity index (χ0n) is 13.2. The number of amidine groups is 1. The van der Waals surface area contributed by atoms with E-state index in [1.54, 1.807) is 32.4 Å². The maximum absolute atomic E-state index is 12.2. The van der Waals surface area contributed by atoms with Crippen LogP contribution in [0.2, 0.25) is 5.02 Å². The van der Waals surface area contributed by atoms with Gasteiger partial charge in [-0.15, -0.1) is 0 Å². The van der Waals surface area contributed by atoms with Gasteiger partial charge in [-0.25, -0.2) is 4.99 Å². The summed E-state index contributed by atoms with van der Waals surface area (Å²) in [5, 5.41) is 3.23. The number of ether oxygens (including phenoxy) is 2. The Balaban J connectivity index is 1.96. The number of carbonyl (C=O) groups excluding carboxylic acids is 1. The Hall–Kier alpha value is -2.79. The number of nitrogens with one attached hydrogen (secondary N) is 1. The van der Waals surface area contributed by atoms with Crippen LogP contribution < -0.4 is 14.8 Å². The van der Waals surface area contributed by atoms with Crippen LogP contribution in [-0.4, -0.2) is 26.0 Å². The Kier molecular flexibility index (Phi) is 4.53. The largest absolute Gasteiger partial charge is 0.496 e. The molecule has 122 valence electrons. The van der Waals surface area contributed by atoms with E-state index in [0.29, 0.717) is 28.1 Å². The SMILES string of the molecule is COc1ccc(/C=C2/N=C(c3ccccc3OC)NC2=O)cc1Cl. The number of aliphatic imine (C=N–C) groups is 1. The van der Waals surface area contributed by atoms with Crippen LogP contribution in [0.15, 0.2) is 53.2 Å². The number of hydrogen-bond donors (Lipinski definition) is 1. The van der Waals surface area contributed by atoms with Crippen LogP contribution in [-0.2, 0) is 4.79 Å². The third-order valence-corrected chi connectivity index (χ3v) is 3.83. The molecular formula is C18H15ClN2O3. The zero-order chi connectivity index (χ0) is 17.1. The number of para-hydroxylation sites is 1. The third-order valence-electron chi connectivity index (χ3n) is 3.54. The number of benzene rings is 2. The molecule has 0 atom stereocenters. The molecule has 6 heteroatoms. The van der Waals surface area contributed by atoms with E-state index in [9.17, 15) is 4.79 Å². The molecule has 0 spiro atoms. The van der Waals surface area contributed by atoms with Crippen molar-refractivity contribution in [1.29, 1.82) is 0 Å². The Morgan fingerprint density at radius 1 is 1.08 bits per heavy atom. The molecule has 5 nitrogen and oxygen atoms in total. The van der Waals surface area contributed by atoms with Crippen LogP contribution in [0.4, 0.5) is 0 Å². The molecule has 1 aliphatic heterocycles. The van der Waals surface area contributed by atoms with E-state index in [-0.39, 0.29) is 5.91 Å². The standard InChI is InChI=1S/C18H15ClN2O3/c1-23-15-6-4-3-5-12(15)17-20-14(18(22)21-17)10-11-7-8-16(24-2)13(19)9-11/h3-10H,1-2H3,(H,20,21,22)/b14-10+. The van der Waals surface area contributed by atoms with Gasteiger partial charge in [0.05, 0.1) is 24.8 Å². The second-order valence-electron chi connectivity index (χ2n) is 5.04. The van der Waals surface area contributed by atoms with Gasteiger partial charge in [0, 0.05) is 0 Å². The summed E-state index contributed by atoms with van der Waals surface area (Å²) < 4.78 is 10.4. The molecule has 0 saturated carbocycles. The Bertz CT molecular complexity index is 859. The van der Waals surface area contributed by atoms with E-state index in [4.69, 9.17) is 21.1 Å². The highest BCUT2D eigenvalue weighted by atomic mass is 35.5. The molecule has 0 saturated heterocycles. The van der Waals surface area contributed by atoms with Gasteiger partial charge in [0.1, 0.15) is 23.0 Å². The van der Waals surface area contributed by atoms with Gasteiger partial charge in [-0.3, -0.25) is 4.79 Å². The quantitative estimate of drug-likeness (QED) is 0.867. The lowest BCUT2D eigenvalue weighted by Crippen LogP contribution is -2.25. The molecular weight excluding hydrogens is 328 g/mol. The number of halogens is 1. The van der Waals surface area contributed by atoms with Crippen molar-refractivity contribution in [3.63, 3.8) is 0 Å². The highest BCUT2D eigenvalue weighted by Crippen LogP contribution is 2.27. The maximum atomic E-state index is 12.2. The summed E-state index contributed by atoms with van der Waals surface area (Å²) in [5.41, 5.74) is 1.79. The predicted molar refractivity (Wildman–Crippen MR) is 93.7 cm³/mol. The van der Waals surface area contributed by atoms with Crippen molar-refractivity contribution in [2.24, 2.45) is 4.99 Å². The summed E-state index contributed by atoms with van der Waals surface area (Å²) in [7, 11) is 3.12. The molecule has 3 rings (SSSR count). The number of nitrogens with zero attached hydrogens (tertiary/aromatic N) is 1. The second-order valence-corrected chi connectivity index (χ2v) is 5.45. The molecule has 1 N–H and O–H groups in total. The van der Waals surface area contributed by atoms with Crippen molar-refractivity contribution in [2.45, 2.75) is 0 Å². The molecule has 0 aliphatic carbocycles. The summed E-state index contributed by atoms with van der Waals surface area (Å²) in [4.78, 5) is 16.6. The minimum atomic E-state index is -0.275. The van der Waals surface area contributed by atoms with Crippen molar-refractivity contribution < 1.29 is 14.3 Å². The summed E-state index contributed by atoms with van der Waals surface area (Å²) in [6.07, 6.45) is 1.67. The van der Waals surface area contributed by atoms with E-state index >= 15 is 0 Å². The number of hydrogen-bond acceptors (Lipinski definition) is 4. The van der Waals surface area contributed by atoms with E-state index in [0.717, 1.165) is 11.1 Å². The first-order valence-electron chi connectivity index (χ1n) is 7.21. The Morgan fingerprint density at radius 3 is 2.54 bits per heavy atom. The van der Waals surface area contributed by atoms with Gasteiger partial charge in [0.2, 0.25) is 0 Å². The van der Waals surface area contributed by atoms with Gasteiger partial charge >= 0.3 is 0 Å². The summed E-state index contributed by atoms with van der Waals surface area (Å²) >= 11 is 6.11. The zero-order valence-corrected chi connectivity index (χ0v) is 13.9. The van der Waals surface area contributed by atoms with Gasteiger partial charge in [-0.1, -0.05) is 29.8 Å². The highest BCUT2D eigenvalue weighted by molar-refractivity contribution is 6.32. The molecule has 24 heavy (non-hydrogen) atoms. The van der Waals surface area contributed by atoms with Gasteiger partial charge in [-0.05, 0) is 35.9 Å². The highest BCUT2D eigenvalue weighted by Gasteiger charge is 2.23. The fourth-order valence-electron chi connectivity index (χ4n) is 2.37. The van der Waals surface area contributed by atoms with Crippen LogP contribution in [0.1, 0.15) is 11.1 Å². The fraction of sp³-hybridized carbons (Fsp3) is 0.111. The van der Waals surface area contributed by atoms with Crippen LogP contribution in [0.25, 0.3) is 6.08 Å². The molecule has 0 radical (unpaired) electrons. The molecule has 0 bridgehead atoms. The number of amides is 1. The summed E-state index contributed by atoms with van der Waals surface area (Å²) in [5.74, 6) is 1.41. The van der Waals surface area contributed by atoms with Crippen LogP contribution >= 0.6 is 11.6 Å². The lowest BCUT2D eigenvalue weighted by atomic mass is 10.2. The molecule has 1 heterocycles. The average molecular weight is 343 g/mol. The third kappa shape index (κ3) is 3.12. The average Bonchev–Trinajstić information content (AvgIpc) is 2.95. The normalized spacial score (nSPS) is 15.2. The Morgan fingerprint density at radius 2 is 1.83 bits per heavy atom. The van der Waals surface area contributed by atoms with Crippen molar-refractivity contribution in [1.82, 2.24) is 5.32 Å². The van der Waals surface area contributed by atoms with Gasteiger partial charge in [-0.2, -0.15) is 0 Å².